The van der Waals surface area contributed by atoms with Crippen molar-refractivity contribution in [3.63, 3.8) is 0 Å². The van der Waals surface area contributed by atoms with Crippen LogP contribution in [0.2, 0.25) is 0 Å². The molecule has 0 bridgehead atoms. The van der Waals surface area contributed by atoms with Gasteiger partial charge in [0.15, 0.2) is 4.34 Å². The highest BCUT2D eigenvalue weighted by atomic mass is 32.2. The van der Waals surface area contributed by atoms with Crippen molar-refractivity contribution in [2.45, 2.75) is 29.2 Å². The molecule has 0 atom stereocenters. The number of hydrogen-bond acceptors (Lipinski definition) is 6. The molecule has 15 heavy (non-hydrogen) atoms. The van der Waals surface area contributed by atoms with Crippen molar-refractivity contribution < 1.29 is 5.11 Å². The topological polar surface area (TPSA) is 49.2 Å². The Morgan fingerprint density at radius 2 is 2.20 bits per heavy atom. The number of hydrogen-bond donors (Lipinski definition) is 1. The summed E-state index contributed by atoms with van der Waals surface area (Å²) in [7, 11) is 3.92. The molecular formula is C9H15N3OS2. The van der Waals surface area contributed by atoms with Crippen LogP contribution in [0, 0.1) is 0 Å². The normalized spacial score (nSPS) is 17.8. The molecule has 6 heteroatoms. The number of aromatic nitrogens is 2. The van der Waals surface area contributed by atoms with Gasteiger partial charge in [-0.15, -0.1) is 10.2 Å². The van der Waals surface area contributed by atoms with E-state index in [2.05, 4.69) is 10.2 Å². The van der Waals surface area contributed by atoms with Gasteiger partial charge in [-0.25, -0.2) is 0 Å². The van der Waals surface area contributed by atoms with Crippen molar-refractivity contribution in [3.05, 3.63) is 0 Å². The van der Waals surface area contributed by atoms with Gasteiger partial charge in [-0.3, -0.25) is 0 Å². The maximum Gasteiger partial charge on any atom is 0.208 e. The second kappa shape index (κ2) is 4.27. The summed E-state index contributed by atoms with van der Waals surface area (Å²) >= 11 is 3.28. The van der Waals surface area contributed by atoms with Gasteiger partial charge < -0.3 is 10.0 Å². The SMILES string of the molecule is CN(C)c1nnc(SCCC2(O)CC2)s1. The van der Waals surface area contributed by atoms with Crippen molar-refractivity contribution in [2.24, 2.45) is 0 Å². The van der Waals surface area contributed by atoms with Gasteiger partial charge in [0, 0.05) is 19.8 Å². The van der Waals surface area contributed by atoms with E-state index in [0.29, 0.717) is 0 Å². The van der Waals surface area contributed by atoms with E-state index in [-0.39, 0.29) is 5.60 Å². The van der Waals surface area contributed by atoms with Crippen LogP contribution in [0.5, 0.6) is 0 Å². The standard InChI is InChI=1S/C9H15N3OS2/c1-12(2)7-10-11-8(15-7)14-6-5-9(13)3-4-9/h13H,3-6H2,1-2H3. The molecule has 1 aliphatic carbocycles. The van der Waals surface area contributed by atoms with E-state index < -0.39 is 0 Å². The fourth-order valence-electron chi connectivity index (χ4n) is 1.16. The summed E-state index contributed by atoms with van der Waals surface area (Å²) in [6.45, 7) is 0. The van der Waals surface area contributed by atoms with Crippen LogP contribution in [0.15, 0.2) is 4.34 Å². The monoisotopic (exact) mass is 245 g/mol. The molecular weight excluding hydrogens is 230 g/mol. The van der Waals surface area contributed by atoms with E-state index in [0.717, 1.165) is 34.5 Å². The van der Waals surface area contributed by atoms with Crippen LogP contribution in [0.4, 0.5) is 5.13 Å². The Bertz CT molecular complexity index is 336. The van der Waals surface area contributed by atoms with Gasteiger partial charge >= 0.3 is 0 Å². The molecule has 0 unspecified atom stereocenters. The van der Waals surface area contributed by atoms with Crippen molar-refractivity contribution in [1.29, 1.82) is 0 Å². The average Bonchev–Trinajstić information content (AvgIpc) is 2.74. The molecule has 0 spiro atoms. The van der Waals surface area contributed by atoms with E-state index in [4.69, 9.17) is 0 Å². The zero-order valence-electron chi connectivity index (χ0n) is 8.93. The smallest absolute Gasteiger partial charge is 0.208 e. The Labute approximate surface area is 97.7 Å². The first-order valence-corrected chi connectivity index (χ1v) is 6.75. The third kappa shape index (κ3) is 3.06. The van der Waals surface area contributed by atoms with Crippen LogP contribution in [0.1, 0.15) is 19.3 Å². The first-order chi connectivity index (χ1) is 7.09. The van der Waals surface area contributed by atoms with Gasteiger partial charge in [0.2, 0.25) is 5.13 Å². The molecule has 1 aromatic heterocycles. The Morgan fingerprint density at radius 3 is 2.73 bits per heavy atom. The predicted octanol–water partition coefficient (Wildman–Crippen LogP) is 1.61. The minimum Gasteiger partial charge on any atom is -0.390 e. The highest BCUT2D eigenvalue weighted by Crippen LogP contribution is 2.40. The fourth-order valence-corrected chi connectivity index (χ4v) is 3.13. The highest BCUT2D eigenvalue weighted by Gasteiger charge is 2.39. The van der Waals surface area contributed by atoms with E-state index in [1.54, 1.807) is 23.1 Å². The lowest BCUT2D eigenvalue weighted by atomic mass is 10.3. The summed E-state index contributed by atoms with van der Waals surface area (Å²) in [6.07, 6.45) is 2.80. The van der Waals surface area contributed by atoms with E-state index in [9.17, 15) is 5.11 Å². The molecule has 84 valence electrons. The molecule has 0 aliphatic heterocycles. The maximum atomic E-state index is 9.65. The first-order valence-electron chi connectivity index (χ1n) is 4.95. The molecule has 0 saturated heterocycles. The second-order valence-electron chi connectivity index (χ2n) is 4.07. The fraction of sp³-hybridized carbons (Fsp3) is 0.778. The van der Waals surface area contributed by atoms with Gasteiger partial charge in [0.1, 0.15) is 0 Å². The zero-order valence-corrected chi connectivity index (χ0v) is 10.6. The number of thioether (sulfide) groups is 1. The van der Waals surface area contributed by atoms with Crippen LogP contribution in [0.25, 0.3) is 0 Å². The number of rotatable bonds is 5. The molecule has 1 heterocycles. The van der Waals surface area contributed by atoms with Crippen molar-refractivity contribution in [1.82, 2.24) is 10.2 Å². The zero-order chi connectivity index (χ0) is 10.9. The van der Waals surface area contributed by atoms with Gasteiger partial charge in [-0.05, 0) is 19.3 Å². The first kappa shape index (κ1) is 11.2. The molecule has 0 amide bonds. The van der Waals surface area contributed by atoms with Gasteiger partial charge in [-0.2, -0.15) is 0 Å². The molecule has 1 saturated carbocycles. The molecule has 1 fully saturated rings. The Balaban J connectivity index is 1.78. The number of aliphatic hydroxyl groups is 1. The summed E-state index contributed by atoms with van der Waals surface area (Å²) < 4.78 is 0.989. The van der Waals surface area contributed by atoms with E-state index >= 15 is 0 Å². The highest BCUT2D eigenvalue weighted by molar-refractivity contribution is 8.01. The molecule has 0 aromatic carbocycles. The van der Waals surface area contributed by atoms with Crippen LogP contribution >= 0.6 is 23.1 Å². The number of nitrogens with zero attached hydrogens (tertiary/aromatic N) is 3. The van der Waals surface area contributed by atoms with Gasteiger partial charge in [0.05, 0.1) is 5.60 Å². The Hall–Kier alpha value is -0.330. The van der Waals surface area contributed by atoms with Crippen LogP contribution in [-0.4, -0.2) is 40.8 Å². The van der Waals surface area contributed by atoms with E-state index in [1.807, 2.05) is 19.0 Å². The van der Waals surface area contributed by atoms with Crippen LogP contribution in [-0.2, 0) is 0 Å². The molecule has 4 nitrogen and oxygen atoms in total. The van der Waals surface area contributed by atoms with Crippen LogP contribution < -0.4 is 4.90 Å². The van der Waals surface area contributed by atoms with Crippen molar-refractivity contribution in [3.8, 4) is 0 Å². The minimum atomic E-state index is -0.345. The maximum absolute atomic E-state index is 9.65. The van der Waals surface area contributed by atoms with Crippen LogP contribution in [0.3, 0.4) is 0 Å². The summed E-state index contributed by atoms with van der Waals surface area (Å²) in [5.74, 6) is 0.929. The number of anilines is 1. The van der Waals surface area contributed by atoms with Gasteiger partial charge in [0.25, 0.3) is 0 Å². The molecule has 2 rings (SSSR count). The average molecular weight is 245 g/mol. The van der Waals surface area contributed by atoms with Crippen molar-refractivity contribution >= 4 is 28.2 Å². The van der Waals surface area contributed by atoms with E-state index in [1.165, 1.54) is 0 Å². The van der Waals surface area contributed by atoms with Crippen molar-refractivity contribution in [2.75, 3.05) is 24.7 Å². The molecule has 1 N–H and O–H groups in total. The second-order valence-corrected chi connectivity index (χ2v) is 6.37. The third-order valence-electron chi connectivity index (χ3n) is 2.40. The summed E-state index contributed by atoms with van der Waals surface area (Å²) in [5, 5.41) is 18.7. The summed E-state index contributed by atoms with van der Waals surface area (Å²) in [6, 6.07) is 0. The molecule has 1 aromatic rings. The Morgan fingerprint density at radius 1 is 1.47 bits per heavy atom. The summed E-state index contributed by atoms with van der Waals surface area (Å²) in [4.78, 5) is 1.95. The molecule has 0 radical (unpaired) electrons. The molecule has 1 aliphatic rings. The largest absolute Gasteiger partial charge is 0.390 e. The lowest BCUT2D eigenvalue weighted by molar-refractivity contribution is 0.147. The lowest BCUT2D eigenvalue weighted by Gasteiger charge is -2.05. The van der Waals surface area contributed by atoms with Gasteiger partial charge in [-0.1, -0.05) is 23.1 Å². The Kier molecular flexibility index (Phi) is 3.18. The summed E-state index contributed by atoms with van der Waals surface area (Å²) in [5.41, 5.74) is -0.345. The third-order valence-corrected chi connectivity index (χ3v) is 4.62. The quantitative estimate of drug-likeness (QED) is 0.799. The minimum absolute atomic E-state index is 0.345. The lowest BCUT2D eigenvalue weighted by Crippen LogP contribution is -2.07. The predicted molar refractivity (Wildman–Crippen MR) is 63.8 cm³/mol.